The molecule has 3 heteroatoms. The van der Waals surface area contributed by atoms with Gasteiger partial charge in [0, 0.05) is 12.0 Å². The lowest BCUT2D eigenvalue weighted by molar-refractivity contribution is -0.141. The van der Waals surface area contributed by atoms with Crippen LogP contribution in [0, 0.1) is 5.92 Å². The number of hydrogen-bond acceptors (Lipinski definition) is 2. The second kappa shape index (κ2) is 5.45. The normalized spacial score (nSPS) is 12.1. The van der Waals surface area contributed by atoms with Crippen molar-refractivity contribution in [3.8, 4) is 0 Å². The lowest BCUT2D eigenvalue weighted by Gasteiger charge is -2.05. The number of carboxylic acid groups (broad SMARTS) is 1. The number of carbonyl (C=O) groups excluding carboxylic acids is 1. The van der Waals surface area contributed by atoms with Crippen LogP contribution in [0.5, 0.6) is 0 Å². The zero-order valence-corrected chi connectivity index (χ0v) is 9.56. The van der Waals surface area contributed by atoms with E-state index in [1.54, 1.807) is 19.1 Å². The molecule has 1 aromatic carbocycles. The van der Waals surface area contributed by atoms with E-state index in [9.17, 15) is 9.59 Å². The summed E-state index contributed by atoms with van der Waals surface area (Å²) in [7, 11) is 0. The minimum atomic E-state index is -0.932. The Hall–Kier alpha value is -1.64. The quantitative estimate of drug-likeness (QED) is 0.776. The maximum absolute atomic E-state index is 11.7. The highest BCUT2D eigenvalue weighted by molar-refractivity contribution is 5.97. The third-order valence-corrected chi connectivity index (χ3v) is 2.60. The summed E-state index contributed by atoms with van der Waals surface area (Å²) in [6.45, 7) is 3.59. The van der Waals surface area contributed by atoms with Crippen molar-refractivity contribution in [2.24, 2.45) is 5.92 Å². The molecular weight excluding hydrogens is 204 g/mol. The van der Waals surface area contributed by atoms with Gasteiger partial charge in [-0.2, -0.15) is 0 Å². The first-order valence-electron chi connectivity index (χ1n) is 5.39. The van der Waals surface area contributed by atoms with E-state index in [1.807, 2.05) is 19.1 Å². The zero-order chi connectivity index (χ0) is 12.1. The minimum Gasteiger partial charge on any atom is -0.481 e. The molecular formula is C13H16O3. The zero-order valence-electron chi connectivity index (χ0n) is 9.56. The minimum absolute atomic E-state index is 0.0564. The Morgan fingerprint density at radius 1 is 1.25 bits per heavy atom. The van der Waals surface area contributed by atoms with Crippen LogP contribution < -0.4 is 0 Å². The highest BCUT2D eigenvalue weighted by Gasteiger charge is 2.16. The molecule has 0 amide bonds. The number of rotatable bonds is 5. The van der Waals surface area contributed by atoms with Gasteiger partial charge in [-0.25, -0.2) is 0 Å². The number of benzene rings is 1. The molecule has 3 nitrogen and oxygen atoms in total. The Morgan fingerprint density at radius 2 is 1.81 bits per heavy atom. The number of carbonyl (C=O) groups is 2. The average Bonchev–Trinajstić information content (AvgIpc) is 2.28. The van der Waals surface area contributed by atoms with Gasteiger partial charge in [0.2, 0.25) is 0 Å². The fourth-order valence-corrected chi connectivity index (χ4v) is 1.41. The summed E-state index contributed by atoms with van der Waals surface area (Å²) in [6.07, 6.45) is 0.987. The van der Waals surface area contributed by atoms with Gasteiger partial charge in [-0.05, 0) is 12.0 Å². The van der Waals surface area contributed by atoms with Gasteiger partial charge in [-0.3, -0.25) is 9.59 Å². The number of aryl methyl sites for hydroxylation is 1. The highest BCUT2D eigenvalue weighted by Crippen LogP contribution is 2.11. The van der Waals surface area contributed by atoms with Crippen LogP contribution in [-0.4, -0.2) is 16.9 Å². The summed E-state index contributed by atoms with van der Waals surface area (Å²) >= 11 is 0. The second-order valence-electron chi connectivity index (χ2n) is 3.92. The van der Waals surface area contributed by atoms with E-state index in [0.29, 0.717) is 5.56 Å². The first-order valence-corrected chi connectivity index (χ1v) is 5.39. The van der Waals surface area contributed by atoms with Crippen molar-refractivity contribution in [3.63, 3.8) is 0 Å². The van der Waals surface area contributed by atoms with Crippen molar-refractivity contribution in [2.45, 2.75) is 26.7 Å². The lowest BCUT2D eigenvalue weighted by Crippen LogP contribution is -2.14. The summed E-state index contributed by atoms with van der Waals surface area (Å²) in [5.41, 5.74) is 1.76. The highest BCUT2D eigenvalue weighted by atomic mass is 16.4. The molecule has 86 valence electrons. The summed E-state index contributed by atoms with van der Waals surface area (Å²) in [4.78, 5) is 22.3. The van der Waals surface area contributed by atoms with Crippen LogP contribution in [0.2, 0.25) is 0 Å². The maximum atomic E-state index is 11.7. The van der Waals surface area contributed by atoms with Gasteiger partial charge in [0.15, 0.2) is 5.78 Å². The van der Waals surface area contributed by atoms with Gasteiger partial charge in [-0.15, -0.1) is 0 Å². The molecule has 16 heavy (non-hydrogen) atoms. The Morgan fingerprint density at radius 3 is 2.25 bits per heavy atom. The van der Waals surface area contributed by atoms with Crippen LogP contribution in [0.15, 0.2) is 24.3 Å². The Balaban J connectivity index is 2.69. The lowest BCUT2D eigenvalue weighted by atomic mass is 9.99. The standard InChI is InChI=1S/C13H16O3/c1-3-10-4-6-11(7-5-10)12(14)8-9(2)13(15)16/h4-7,9H,3,8H2,1-2H3,(H,15,16). The maximum Gasteiger partial charge on any atom is 0.306 e. The molecule has 0 aliphatic heterocycles. The van der Waals surface area contributed by atoms with E-state index in [-0.39, 0.29) is 12.2 Å². The molecule has 0 aromatic heterocycles. The van der Waals surface area contributed by atoms with Crippen LogP contribution in [0.25, 0.3) is 0 Å². The van der Waals surface area contributed by atoms with Crippen molar-refractivity contribution in [3.05, 3.63) is 35.4 Å². The molecule has 1 atom stereocenters. The average molecular weight is 220 g/mol. The molecule has 0 radical (unpaired) electrons. The molecule has 1 N–H and O–H groups in total. The SMILES string of the molecule is CCc1ccc(C(=O)CC(C)C(=O)O)cc1. The van der Waals surface area contributed by atoms with E-state index in [4.69, 9.17) is 5.11 Å². The molecule has 0 spiro atoms. The molecule has 0 heterocycles. The fraction of sp³-hybridized carbons (Fsp3) is 0.385. The van der Waals surface area contributed by atoms with Crippen LogP contribution in [-0.2, 0) is 11.2 Å². The molecule has 0 fully saturated rings. The van der Waals surface area contributed by atoms with Gasteiger partial charge in [0.25, 0.3) is 0 Å². The smallest absolute Gasteiger partial charge is 0.306 e. The number of hydrogen-bond donors (Lipinski definition) is 1. The predicted molar refractivity (Wildman–Crippen MR) is 61.6 cm³/mol. The topological polar surface area (TPSA) is 54.4 Å². The van der Waals surface area contributed by atoms with Crippen molar-refractivity contribution in [1.29, 1.82) is 0 Å². The monoisotopic (exact) mass is 220 g/mol. The van der Waals surface area contributed by atoms with Crippen LogP contribution in [0.4, 0.5) is 0 Å². The van der Waals surface area contributed by atoms with Crippen molar-refractivity contribution >= 4 is 11.8 Å². The summed E-state index contributed by atoms with van der Waals surface area (Å²) in [6, 6.07) is 7.32. The molecule has 1 aromatic rings. The first-order chi connectivity index (χ1) is 7.54. The second-order valence-corrected chi connectivity index (χ2v) is 3.92. The molecule has 1 unspecified atom stereocenters. The predicted octanol–water partition coefficient (Wildman–Crippen LogP) is 2.54. The molecule has 0 aliphatic rings. The van der Waals surface area contributed by atoms with Crippen LogP contribution in [0.3, 0.4) is 0 Å². The van der Waals surface area contributed by atoms with E-state index in [0.717, 1.165) is 6.42 Å². The Kier molecular flexibility index (Phi) is 4.23. The van der Waals surface area contributed by atoms with E-state index < -0.39 is 11.9 Å². The summed E-state index contributed by atoms with van der Waals surface area (Å²) < 4.78 is 0. The number of aliphatic carboxylic acids is 1. The number of Topliss-reactive ketones (excluding diaryl/α,β-unsaturated/α-hetero) is 1. The van der Waals surface area contributed by atoms with E-state index in [2.05, 4.69) is 0 Å². The van der Waals surface area contributed by atoms with Gasteiger partial charge in [0.05, 0.1) is 5.92 Å². The molecule has 0 saturated heterocycles. The van der Waals surface area contributed by atoms with Gasteiger partial charge in [0.1, 0.15) is 0 Å². The third kappa shape index (κ3) is 3.19. The molecule has 0 aliphatic carbocycles. The van der Waals surface area contributed by atoms with Gasteiger partial charge < -0.3 is 5.11 Å². The van der Waals surface area contributed by atoms with Crippen molar-refractivity contribution in [1.82, 2.24) is 0 Å². The first kappa shape index (κ1) is 12.4. The number of carboxylic acids is 1. The molecule has 1 rings (SSSR count). The Labute approximate surface area is 95.1 Å². The molecule has 0 bridgehead atoms. The molecule has 0 saturated carbocycles. The van der Waals surface area contributed by atoms with Crippen molar-refractivity contribution < 1.29 is 14.7 Å². The van der Waals surface area contributed by atoms with Crippen LogP contribution >= 0.6 is 0 Å². The fourth-order valence-electron chi connectivity index (χ4n) is 1.41. The number of ketones is 1. The van der Waals surface area contributed by atoms with E-state index >= 15 is 0 Å². The van der Waals surface area contributed by atoms with Gasteiger partial charge >= 0.3 is 5.97 Å². The summed E-state index contributed by atoms with van der Waals surface area (Å²) in [5.74, 6) is -1.67. The van der Waals surface area contributed by atoms with Gasteiger partial charge in [-0.1, -0.05) is 38.1 Å². The van der Waals surface area contributed by atoms with Crippen molar-refractivity contribution in [2.75, 3.05) is 0 Å². The van der Waals surface area contributed by atoms with E-state index in [1.165, 1.54) is 5.56 Å². The largest absolute Gasteiger partial charge is 0.481 e. The summed E-state index contributed by atoms with van der Waals surface area (Å²) in [5, 5.41) is 8.71. The third-order valence-electron chi connectivity index (χ3n) is 2.60. The Bertz CT molecular complexity index is 379. The van der Waals surface area contributed by atoms with Crippen LogP contribution in [0.1, 0.15) is 36.2 Å².